The fourth-order valence-electron chi connectivity index (χ4n) is 2.18. The first-order valence-electron chi connectivity index (χ1n) is 7.85. The first-order chi connectivity index (χ1) is 9.93. The molecule has 0 heterocycles. The lowest BCUT2D eigenvalue weighted by Gasteiger charge is -2.27. The van der Waals surface area contributed by atoms with Crippen LogP contribution in [0.4, 0.5) is 5.69 Å². The predicted molar refractivity (Wildman–Crippen MR) is 94.5 cm³/mol. The van der Waals surface area contributed by atoms with E-state index >= 15 is 0 Å². The van der Waals surface area contributed by atoms with Crippen LogP contribution in [0.15, 0.2) is 18.2 Å². The molecule has 0 bridgehead atoms. The number of benzene rings is 1. The Morgan fingerprint density at radius 2 is 1.86 bits per heavy atom. The molecule has 0 saturated heterocycles. The van der Waals surface area contributed by atoms with Gasteiger partial charge in [0.05, 0.1) is 10.7 Å². The second-order valence-corrected chi connectivity index (χ2v) is 6.52. The molecule has 0 fully saturated rings. The van der Waals surface area contributed by atoms with E-state index in [0.717, 1.165) is 43.3 Å². The van der Waals surface area contributed by atoms with E-state index in [-0.39, 0.29) is 0 Å². The highest BCUT2D eigenvalue weighted by molar-refractivity contribution is 6.33. The molecule has 1 N–H and O–H groups in total. The molecule has 0 aromatic heterocycles. The van der Waals surface area contributed by atoms with Crippen LogP contribution in [-0.2, 0) is 6.54 Å². The number of hydrogen-bond acceptors (Lipinski definition) is 3. The van der Waals surface area contributed by atoms with Gasteiger partial charge in [0, 0.05) is 32.2 Å². The molecule has 0 amide bonds. The van der Waals surface area contributed by atoms with Crippen molar-refractivity contribution in [2.45, 2.75) is 39.8 Å². The van der Waals surface area contributed by atoms with Gasteiger partial charge in [0.25, 0.3) is 0 Å². The minimum Gasteiger partial charge on any atom is -0.369 e. The van der Waals surface area contributed by atoms with Crippen LogP contribution in [0, 0.1) is 0 Å². The highest BCUT2D eigenvalue weighted by Gasteiger charge is 2.10. The number of hydrogen-bond donors (Lipinski definition) is 1. The zero-order chi connectivity index (χ0) is 15.8. The number of anilines is 1. The molecule has 4 heteroatoms. The fraction of sp³-hybridized carbons (Fsp3) is 0.647. The summed E-state index contributed by atoms with van der Waals surface area (Å²) in [7, 11) is 4.21. The highest BCUT2D eigenvalue weighted by atomic mass is 35.5. The molecule has 0 atom stereocenters. The summed E-state index contributed by atoms with van der Waals surface area (Å²) in [5, 5.41) is 4.28. The van der Waals surface area contributed by atoms with Crippen molar-refractivity contribution in [2.75, 3.05) is 38.6 Å². The van der Waals surface area contributed by atoms with Crippen LogP contribution < -0.4 is 10.2 Å². The molecule has 0 radical (unpaired) electrons. The molecular weight excluding hydrogens is 282 g/mol. The standard InChI is InChI=1S/C17H30ClN3/c1-6-9-21(11-10-20(4)5)17-8-7-15(12-16(17)18)13-19-14(2)3/h7-8,12,14,19H,6,9-11,13H2,1-5H3. The van der Waals surface area contributed by atoms with Gasteiger partial charge in [-0.3, -0.25) is 0 Å². The maximum absolute atomic E-state index is 6.51. The smallest absolute Gasteiger partial charge is 0.0642 e. The Labute approximate surface area is 135 Å². The van der Waals surface area contributed by atoms with Gasteiger partial charge in [0.2, 0.25) is 0 Å². The monoisotopic (exact) mass is 311 g/mol. The van der Waals surface area contributed by atoms with Gasteiger partial charge in [0.1, 0.15) is 0 Å². The number of rotatable bonds is 9. The Balaban J connectivity index is 2.78. The molecule has 0 unspecified atom stereocenters. The van der Waals surface area contributed by atoms with Gasteiger partial charge in [-0.25, -0.2) is 0 Å². The van der Waals surface area contributed by atoms with Crippen molar-refractivity contribution < 1.29 is 0 Å². The number of likely N-dealkylation sites (N-methyl/N-ethyl adjacent to an activating group) is 1. The average molecular weight is 312 g/mol. The van der Waals surface area contributed by atoms with E-state index in [0.29, 0.717) is 6.04 Å². The van der Waals surface area contributed by atoms with Crippen LogP contribution in [0.3, 0.4) is 0 Å². The van der Waals surface area contributed by atoms with Crippen LogP contribution in [0.2, 0.25) is 5.02 Å². The van der Waals surface area contributed by atoms with Crippen LogP contribution in [-0.4, -0.2) is 44.7 Å². The molecule has 0 spiro atoms. The van der Waals surface area contributed by atoms with Crippen molar-refractivity contribution in [1.29, 1.82) is 0 Å². The third-order valence-corrected chi connectivity index (χ3v) is 3.68. The van der Waals surface area contributed by atoms with E-state index in [9.17, 15) is 0 Å². The summed E-state index contributed by atoms with van der Waals surface area (Å²) in [4.78, 5) is 4.58. The van der Waals surface area contributed by atoms with E-state index in [2.05, 4.69) is 68.2 Å². The van der Waals surface area contributed by atoms with Crippen molar-refractivity contribution >= 4 is 17.3 Å². The molecule has 1 aromatic rings. The second kappa shape index (κ2) is 9.29. The molecule has 0 aliphatic carbocycles. The first kappa shape index (κ1) is 18.3. The Morgan fingerprint density at radius 1 is 1.14 bits per heavy atom. The maximum atomic E-state index is 6.51. The predicted octanol–water partition coefficient (Wildman–Crippen LogP) is 3.62. The molecule has 120 valence electrons. The maximum Gasteiger partial charge on any atom is 0.0642 e. The first-order valence-corrected chi connectivity index (χ1v) is 8.23. The normalized spacial score (nSPS) is 11.4. The SMILES string of the molecule is CCCN(CCN(C)C)c1ccc(CNC(C)C)cc1Cl. The topological polar surface area (TPSA) is 18.5 Å². The summed E-state index contributed by atoms with van der Waals surface area (Å²) >= 11 is 6.51. The molecule has 3 nitrogen and oxygen atoms in total. The summed E-state index contributed by atoms with van der Waals surface area (Å²) in [6.07, 6.45) is 1.13. The van der Waals surface area contributed by atoms with Crippen molar-refractivity contribution in [3.05, 3.63) is 28.8 Å². The Kier molecular flexibility index (Phi) is 8.09. The van der Waals surface area contributed by atoms with E-state index in [1.807, 2.05) is 0 Å². The molecule has 0 saturated carbocycles. The van der Waals surface area contributed by atoms with Crippen molar-refractivity contribution in [3.63, 3.8) is 0 Å². The third kappa shape index (κ3) is 6.68. The lowest BCUT2D eigenvalue weighted by atomic mass is 10.1. The minimum absolute atomic E-state index is 0.486. The van der Waals surface area contributed by atoms with Crippen LogP contribution >= 0.6 is 11.6 Å². The quantitative estimate of drug-likeness (QED) is 0.751. The Hall–Kier alpha value is -0.770. The third-order valence-electron chi connectivity index (χ3n) is 3.38. The van der Waals surface area contributed by atoms with Crippen molar-refractivity contribution in [2.24, 2.45) is 0 Å². The van der Waals surface area contributed by atoms with Gasteiger partial charge in [-0.1, -0.05) is 38.4 Å². The molecule has 0 aliphatic heterocycles. The summed E-state index contributed by atoms with van der Waals surface area (Å²) in [5.74, 6) is 0. The average Bonchev–Trinajstić information content (AvgIpc) is 2.41. The van der Waals surface area contributed by atoms with Crippen LogP contribution in [0.25, 0.3) is 0 Å². The largest absolute Gasteiger partial charge is 0.369 e. The molecule has 1 aromatic carbocycles. The Bertz CT molecular complexity index is 418. The lowest BCUT2D eigenvalue weighted by Crippen LogP contribution is -2.32. The van der Waals surface area contributed by atoms with Gasteiger partial charge in [-0.2, -0.15) is 0 Å². The molecule has 0 aliphatic rings. The van der Waals surface area contributed by atoms with E-state index < -0.39 is 0 Å². The van der Waals surface area contributed by atoms with Gasteiger partial charge in [-0.15, -0.1) is 0 Å². The van der Waals surface area contributed by atoms with Gasteiger partial charge < -0.3 is 15.1 Å². The summed E-state index contributed by atoms with van der Waals surface area (Å²) in [6, 6.07) is 6.91. The van der Waals surface area contributed by atoms with Crippen LogP contribution in [0.1, 0.15) is 32.8 Å². The second-order valence-electron chi connectivity index (χ2n) is 6.11. The summed E-state index contributed by atoms with van der Waals surface area (Å²) < 4.78 is 0. The van der Waals surface area contributed by atoms with Crippen molar-refractivity contribution in [3.8, 4) is 0 Å². The zero-order valence-electron chi connectivity index (χ0n) is 14.1. The minimum atomic E-state index is 0.486. The number of nitrogens with one attached hydrogen (secondary N) is 1. The molecule has 1 rings (SSSR count). The summed E-state index contributed by atoms with van der Waals surface area (Å²) in [6.45, 7) is 10.5. The van der Waals surface area contributed by atoms with Gasteiger partial charge in [0.15, 0.2) is 0 Å². The van der Waals surface area contributed by atoms with E-state index in [1.54, 1.807) is 0 Å². The van der Waals surface area contributed by atoms with E-state index in [4.69, 9.17) is 11.6 Å². The Morgan fingerprint density at radius 3 is 2.38 bits per heavy atom. The molecule has 21 heavy (non-hydrogen) atoms. The number of halogens is 1. The lowest BCUT2D eigenvalue weighted by molar-refractivity contribution is 0.413. The zero-order valence-corrected chi connectivity index (χ0v) is 14.9. The van der Waals surface area contributed by atoms with Crippen molar-refractivity contribution in [1.82, 2.24) is 10.2 Å². The van der Waals surface area contributed by atoms with Gasteiger partial charge >= 0.3 is 0 Å². The summed E-state index contributed by atoms with van der Waals surface area (Å²) in [5.41, 5.74) is 2.38. The fourth-order valence-corrected chi connectivity index (χ4v) is 2.50. The number of nitrogens with zero attached hydrogens (tertiary/aromatic N) is 2. The van der Waals surface area contributed by atoms with Crippen LogP contribution in [0.5, 0.6) is 0 Å². The molecular formula is C17H30ClN3. The highest BCUT2D eigenvalue weighted by Crippen LogP contribution is 2.27. The van der Waals surface area contributed by atoms with Gasteiger partial charge in [-0.05, 0) is 38.2 Å². The van der Waals surface area contributed by atoms with E-state index in [1.165, 1.54) is 5.56 Å².